The summed E-state index contributed by atoms with van der Waals surface area (Å²) in [4.78, 5) is 12.4. The molecule has 0 spiro atoms. The van der Waals surface area contributed by atoms with Crippen LogP contribution in [-0.4, -0.2) is 10.5 Å². The number of carbonyl (C=O) groups is 1. The normalized spacial score (nSPS) is 10.9. The third-order valence-electron chi connectivity index (χ3n) is 2.90. The highest BCUT2D eigenvalue weighted by molar-refractivity contribution is 9.10. The number of anilines is 1. The third kappa shape index (κ3) is 3.52. The molecule has 3 nitrogen and oxygen atoms in total. The predicted molar refractivity (Wildman–Crippen MR) is 89.3 cm³/mol. The first-order valence-electron chi connectivity index (χ1n) is 6.32. The molecule has 0 bridgehead atoms. The van der Waals surface area contributed by atoms with Gasteiger partial charge in [-0.05, 0) is 66.5 Å². The van der Waals surface area contributed by atoms with Crippen molar-refractivity contribution < 1.29 is 4.79 Å². The maximum Gasteiger partial charge on any atom is 0.272 e. The summed E-state index contributed by atoms with van der Waals surface area (Å²) in [5.74, 6) is -0.109. The Hall–Kier alpha value is -1.07. The SMILES string of the molecule is Cc1cc(Br)cc(NC(=O)c2cc(Br)cn2C(C)C)c1. The summed E-state index contributed by atoms with van der Waals surface area (Å²) in [6.07, 6.45) is 1.92. The number of aromatic nitrogens is 1. The van der Waals surface area contributed by atoms with Gasteiger partial charge in [0.15, 0.2) is 0 Å². The molecular formula is C15H16Br2N2O. The fourth-order valence-corrected chi connectivity index (χ4v) is 3.10. The number of nitrogens with zero attached hydrogens (tertiary/aromatic N) is 1. The topological polar surface area (TPSA) is 34.0 Å². The van der Waals surface area contributed by atoms with Crippen molar-refractivity contribution >= 4 is 43.5 Å². The van der Waals surface area contributed by atoms with E-state index in [2.05, 4.69) is 37.2 Å². The van der Waals surface area contributed by atoms with E-state index < -0.39 is 0 Å². The van der Waals surface area contributed by atoms with Gasteiger partial charge >= 0.3 is 0 Å². The number of hydrogen-bond acceptors (Lipinski definition) is 1. The maximum absolute atomic E-state index is 12.4. The van der Waals surface area contributed by atoms with Crippen LogP contribution in [0.25, 0.3) is 0 Å². The summed E-state index contributed by atoms with van der Waals surface area (Å²) in [5, 5.41) is 2.94. The van der Waals surface area contributed by atoms with Crippen LogP contribution in [0.5, 0.6) is 0 Å². The van der Waals surface area contributed by atoms with Crippen molar-refractivity contribution in [2.45, 2.75) is 26.8 Å². The van der Waals surface area contributed by atoms with E-state index in [-0.39, 0.29) is 11.9 Å². The van der Waals surface area contributed by atoms with Gasteiger partial charge in [-0.3, -0.25) is 4.79 Å². The molecule has 0 atom stereocenters. The molecule has 1 aromatic heterocycles. The molecule has 0 radical (unpaired) electrons. The van der Waals surface area contributed by atoms with Crippen molar-refractivity contribution in [1.29, 1.82) is 0 Å². The molecule has 0 aliphatic rings. The van der Waals surface area contributed by atoms with Crippen LogP contribution in [0.2, 0.25) is 0 Å². The van der Waals surface area contributed by atoms with E-state index in [4.69, 9.17) is 0 Å². The highest BCUT2D eigenvalue weighted by Gasteiger charge is 2.15. The van der Waals surface area contributed by atoms with Gasteiger partial charge in [0.1, 0.15) is 5.69 Å². The van der Waals surface area contributed by atoms with Crippen molar-refractivity contribution in [3.05, 3.63) is 50.7 Å². The van der Waals surface area contributed by atoms with Gasteiger partial charge in [-0.15, -0.1) is 0 Å². The van der Waals surface area contributed by atoms with E-state index in [1.54, 1.807) is 0 Å². The Kier molecular flexibility index (Phi) is 4.70. The van der Waals surface area contributed by atoms with Gasteiger partial charge in [-0.25, -0.2) is 0 Å². The van der Waals surface area contributed by atoms with Gasteiger partial charge < -0.3 is 9.88 Å². The lowest BCUT2D eigenvalue weighted by Gasteiger charge is -2.13. The van der Waals surface area contributed by atoms with Crippen LogP contribution < -0.4 is 5.32 Å². The summed E-state index contributed by atoms with van der Waals surface area (Å²) in [6, 6.07) is 7.90. The number of amides is 1. The Bertz CT molecular complexity index is 627. The van der Waals surface area contributed by atoms with E-state index in [1.165, 1.54) is 0 Å². The molecule has 0 saturated carbocycles. The average molecular weight is 400 g/mol. The molecule has 2 rings (SSSR count). The Balaban J connectivity index is 2.28. The van der Waals surface area contributed by atoms with E-state index >= 15 is 0 Å². The number of carbonyl (C=O) groups excluding carboxylic acids is 1. The summed E-state index contributed by atoms with van der Waals surface area (Å²) in [5.41, 5.74) is 2.52. The monoisotopic (exact) mass is 398 g/mol. The van der Waals surface area contributed by atoms with E-state index in [0.29, 0.717) is 5.69 Å². The number of rotatable bonds is 3. The Labute approximate surface area is 135 Å². The van der Waals surface area contributed by atoms with E-state index in [9.17, 15) is 4.79 Å². The summed E-state index contributed by atoms with van der Waals surface area (Å²) < 4.78 is 3.81. The third-order valence-corrected chi connectivity index (χ3v) is 3.80. The second-order valence-electron chi connectivity index (χ2n) is 5.02. The maximum atomic E-state index is 12.4. The van der Waals surface area contributed by atoms with Crippen LogP contribution >= 0.6 is 31.9 Å². The smallest absolute Gasteiger partial charge is 0.272 e. The first kappa shape index (κ1) is 15.3. The number of benzene rings is 1. The highest BCUT2D eigenvalue weighted by atomic mass is 79.9. The number of halogens is 2. The first-order valence-corrected chi connectivity index (χ1v) is 7.91. The highest BCUT2D eigenvalue weighted by Crippen LogP contribution is 2.22. The molecule has 0 fully saturated rings. The largest absolute Gasteiger partial charge is 0.340 e. The molecule has 1 amide bonds. The van der Waals surface area contributed by atoms with Crippen molar-refractivity contribution in [2.75, 3.05) is 5.32 Å². The van der Waals surface area contributed by atoms with Crippen LogP contribution in [-0.2, 0) is 0 Å². The van der Waals surface area contributed by atoms with Crippen molar-refractivity contribution in [2.24, 2.45) is 0 Å². The molecule has 0 aliphatic carbocycles. The van der Waals surface area contributed by atoms with Crippen molar-refractivity contribution in [3.63, 3.8) is 0 Å². The number of hydrogen-bond donors (Lipinski definition) is 1. The fraction of sp³-hybridized carbons (Fsp3) is 0.267. The standard InChI is InChI=1S/C15H16Br2N2O/c1-9(2)19-8-12(17)7-14(19)15(20)18-13-5-10(3)4-11(16)6-13/h4-9H,1-3H3,(H,18,20). The molecule has 0 saturated heterocycles. The Morgan fingerprint density at radius 1 is 1.15 bits per heavy atom. The lowest BCUT2D eigenvalue weighted by atomic mass is 10.2. The van der Waals surface area contributed by atoms with Gasteiger partial charge in [0.2, 0.25) is 0 Å². The predicted octanol–water partition coefficient (Wildman–Crippen LogP) is 5.15. The lowest BCUT2D eigenvalue weighted by molar-refractivity contribution is 0.101. The van der Waals surface area contributed by atoms with Gasteiger partial charge in [0, 0.05) is 26.9 Å². The van der Waals surface area contributed by atoms with E-state index in [0.717, 1.165) is 20.2 Å². The molecular weight excluding hydrogens is 384 g/mol. The van der Waals surface area contributed by atoms with Crippen LogP contribution in [0.15, 0.2) is 39.4 Å². The van der Waals surface area contributed by atoms with E-state index in [1.807, 2.05) is 55.8 Å². The number of nitrogens with one attached hydrogen (secondary N) is 1. The van der Waals surface area contributed by atoms with Gasteiger partial charge in [0.05, 0.1) is 0 Å². The lowest BCUT2D eigenvalue weighted by Crippen LogP contribution is -2.17. The molecule has 2 aromatic rings. The fourth-order valence-electron chi connectivity index (χ4n) is 2.06. The van der Waals surface area contributed by atoms with Gasteiger partial charge in [0.25, 0.3) is 5.91 Å². The van der Waals surface area contributed by atoms with Crippen molar-refractivity contribution in [1.82, 2.24) is 4.57 Å². The zero-order chi connectivity index (χ0) is 14.9. The summed E-state index contributed by atoms with van der Waals surface area (Å²) in [6.45, 7) is 6.09. The molecule has 0 unspecified atom stereocenters. The van der Waals surface area contributed by atoms with Gasteiger partial charge in [-0.1, -0.05) is 15.9 Å². The van der Waals surface area contributed by atoms with Crippen LogP contribution in [0.4, 0.5) is 5.69 Å². The molecule has 1 N–H and O–H groups in total. The zero-order valence-corrected chi connectivity index (χ0v) is 14.7. The van der Waals surface area contributed by atoms with Crippen LogP contribution in [0, 0.1) is 6.92 Å². The second-order valence-corrected chi connectivity index (χ2v) is 6.85. The minimum atomic E-state index is -0.109. The summed E-state index contributed by atoms with van der Waals surface area (Å²) in [7, 11) is 0. The molecule has 1 heterocycles. The molecule has 1 aromatic carbocycles. The molecule has 20 heavy (non-hydrogen) atoms. The average Bonchev–Trinajstić information content (AvgIpc) is 2.70. The second kappa shape index (κ2) is 6.14. The Morgan fingerprint density at radius 2 is 1.85 bits per heavy atom. The summed E-state index contributed by atoms with van der Waals surface area (Å²) >= 11 is 6.86. The van der Waals surface area contributed by atoms with Crippen LogP contribution in [0.3, 0.4) is 0 Å². The van der Waals surface area contributed by atoms with Crippen molar-refractivity contribution in [3.8, 4) is 0 Å². The zero-order valence-electron chi connectivity index (χ0n) is 11.6. The van der Waals surface area contributed by atoms with Gasteiger partial charge in [-0.2, -0.15) is 0 Å². The minimum absolute atomic E-state index is 0.109. The van der Waals surface area contributed by atoms with Crippen LogP contribution in [0.1, 0.15) is 35.9 Å². The first-order chi connectivity index (χ1) is 9.36. The quantitative estimate of drug-likeness (QED) is 0.760. The Morgan fingerprint density at radius 3 is 2.45 bits per heavy atom. The molecule has 0 aliphatic heterocycles. The molecule has 106 valence electrons. The number of aryl methyl sites for hydroxylation is 1. The minimum Gasteiger partial charge on any atom is -0.340 e. The molecule has 5 heteroatoms.